The number of aryl methyl sites for hydroxylation is 1. The summed E-state index contributed by atoms with van der Waals surface area (Å²) in [6.07, 6.45) is 5.93. The maximum Gasteiger partial charge on any atom is 0.291 e. The molecule has 5 heteroatoms. The second-order valence-corrected chi connectivity index (χ2v) is 7.26. The van der Waals surface area contributed by atoms with E-state index in [1.54, 1.807) is 6.92 Å². The van der Waals surface area contributed by atoms with Gasteiger partial charge in [-0.1, -0.05) is 43.2 Å². The lowest BCUT2D eigenvalue weighted by atomic mass is 9.66. The molecule has 0 radical (unpaired) electrons. The third-order valence-corrected chi connectivity index (χ3v) is 5.95. The van der Waals surface area contributed by atoms with Crippen LogP contribution in [0.4, 0.5) is 0 Å². The number of fused-ring (bicyclic) bond motifs is 1. The number of likely N-dealkylation sites (tertiary alicyclic amines) is 1. The molecular formula is C20H24N2O3. The van der Waals surface area contributed by atoms with Gasteiger partial charge in [-0.05, 0) is 31.7 Å². The van der Waals surface area contributed by atoms with E-state index >= 15 is 0 Å². The van der Waals surface area contributed by atoms with Gasteiger partial charge in [-0.25, -0.2) is 4.98 Å². The van der Waals surface area contributed by atoms with Crippen LogP contribution in [0.5, 0.6) is 0 Å². The summed E-state index contributed by atoms with van der Waals surface area (Å²) in [5.74, 6) is 0.293. The number of piperidine rings is 1. The highest BCUT2D eigenvalue weighted by molar-refractivity contribution is 5.92. The standard InChI is InChI=1S/C20H24N2O3/c1-14-18(25-13-21-14)19(23)22-12-11-20(24,15-7-3-2-4-8-15)16-9-5-6-10-17(16)22/h2-4,7-8,13,16-17,24H,5-6,9-12H2,1H3/t16-,17-,20+/m0/s1. The minimum atomic E-state index is -0.862. The molecule has 3 atom stereocenters. The van der Waals surface area contributed by atoms with Gasteiger partial charge in [0.1, 0.15) is 0 Å². The highest BCUT2D eigenvalue weighted by Crippen LogP contribution is 2.47. The summed E-state index contributed by atoms with van der Waals surface area (Å²) < 4.78 is 5.33. The van der Waals surface area contributed by atoms with Crippen molar-refractivity contribution in [1.82, 2.24) is 9.88 Å². The van der Waals surface area contributed by atoms with Gasteiger partial charge >= 0.3 is 0 Å². The van der Waals surface area contributed by atoms with Gasteiger partial charge in [0.2, 0.25) is 5.76 Å². The summed E-state index contributed by atoms with van der Waals surface area (Å²) in [6.45, 7) is 2.32. The summed E-state index contributed by atoms with van der Waals surface area (Å²) in [6, 6.07) is 9.97. The van der Waals surface area contributed by atoms with Crippen LogP contribution in [0.2, 0.25) is 0 Å². The van der Waals surface area contributed by atoms with Crippen LogP contribution in [0.15, 0.2) is 41.1 Å². The monoisotopic (exact) mass is 340 g/mol. The normalized spacial score (nSPS) is 29.3. The van der Waals surface area contributed by atoms with Crippen molar-refractivity contribution in [3.05, 3.63) is 53.7 Å². The quantitative estimate of drug-likeness (QED) is 0.911. The smallest absolute Gasteiger partial charge is 0.291 e. The minimum Gasteiger partial charge on any atom is -0.438 e. The molecule has 1 saturated heterocycles. The zero-order valence-corrected chi connectivity index (χ0v) is 14.5. The molecule has 132 valence electrons. The van der Waals surface area contributed by atoms with Gasteiger partial charge in [0.05, 0.1) is 11.3 Å². The summed E-state index contributed by atoms with van der Waals surface area (Å²) in [5.41, 5.74) is 0.732. The predicted octanol–water partition coefficient (Wildman–Crippen LogP) is 3.28. The van der Waals surface area contributed by atoms with E-state index in [4.69, 9.17) is 4.42 Å². The number of amides is 1. The van der Waals surface area contributed by atoms with Crippen LogP contribution in [0.3, 0.4) is 0 Å². The highest BCUT2D eigenvalue weighted by Gasteiger charge is 2.50. The Morgan fingerprint density at radius 2 is 2.04 bits per heavy atom. The number of oxazole rings is 1. The van der Waals surface area contributed by atoms with E-state index in [2.05, 4.69) is 4.98 Å². The summed E-state index contributed by atoms with van der Waals surface area (Å²) in [7, 11) is 0. The molecule has 1 N–H and O–H groups in total. The van der Waals surface area contributed by atoms with Crippen molar-refractivity contribution in [2.24, 2.45) is 5.92 Å². The molecule has 2 fully saturated rings. The fraction of sp³-hybridized carbons (Fsp3) is 0.500. The second-order valence-electron chi connectivity index (χ2n) is 7.26. The van der Waals surface area contributed by atoms with Gasteiger partial charge in [0.15, 0.2) is 6.39 Å². The first-order chi connectivity index (χ1) is 12.1. The molecule has 1 aliphatic carbocycles. The Kier molecular flexibility index (Phi) is 4.12. The molecule has 0 spiro atoms. The lowest BCUT2D eigenvalue weighted by Gasteiger charge is -2.52. The molecule has 1 aliphatic heterocycles. The maximum atomic E-state index is 13.0. The van der Waals surface area contributed by atoms with Crippen molar-refractivity contribution in [3.63, 3.8) is 0 Å². The van der Waals surface area contributed by atoms with Crippen LogP contribution >= 0.6 is 0 Å². The zero-order valence-electron chi connectivity index (χ0n) is 14.5. The maximum absolute atomic E-state index is 13.0. The first-order valence-corrected chi connectivity index (χ1v) is 9.10. The number of aliphatic hydroxyl groups is 1. The minimum absolute atomic E-state index is 0.0460. The van der Waals surface area contributed by atoms with E-state index in [-0.39, 0.29) is 17.9 Å². The molecule has 2 heterocycles. The van der Waals surface area contributed by atoms with Crippen LogP contribution in [0.25, 0.3) is 0 Å². The SMILES string of the molecule is Cc1ncoc1C(=O)N1CC[C@@](O)(c2ccccc2)[C@H]2CCCC[C@@H]21. The van der Waals surface area contributed by atoms with E-state index in [1.807, 2.05) is 35.2 Å². The van der Waals surface area contributed by atoms with E-state index in [0.717, 1.165) is 31.2 Å². The fourth-order valence-electron chi connectivity index (χ4n) is 4.66. The van der Waals surface area contributed by atoms with Gasteiger partial charge in [-0.15, -0.1) is 0 Å². The Morgan fingerprint density at radius 3 is 2.76 bits per heavy atom. The Hall–Kier alpha value is -2.14. The number of carbonyl (C=O) groups excluding carboxylic acids is 1. The number of carbonyl (C=O) groups is 1. The summed E-state index contributed by atoms with van der Waals surface area (Å²) in [5, 5.41) is 11.5. The van der Waals surface area contributed by atoms with Crippen LogP contribution in [0.1, 0.15) is 53.9 Å². The Balaban J connectivity index is 1.67. The molecule has 5 nitrogen and oxygen atoms in total. The molecule has 1 aromatic carbocycles. The van der Waals surface area contributed by atoms with Crippen molar-refractivity contribution in [3.8, 4) is 0 Å². The lowest BCUT2D eigenvalue weighted by molar-refractivity contribution is -0.110. The van der Waals surface area contributed by atoms with Gasteiger partial charge < -0.3 is 14.4 Å². The van der Waals surface area contributed by atoms with Gasteiger partial charge in [-0.3, -0.25) is 4.79 Å². The molecule has 2 aliphatic rings. The van der Waals surface area contributed by atoms with E-state index in [9.17, 15) is 9.90 Å². The molecule has 0 unspecified atom stereocenters. The molecule has 1 amide bonds. The highest BCUT2D eigenvalue weighted by atomic mass is 16.3. The average molecular weight is 340 g/mol. The lowest BCUT2D eigenvalue weighted by Crippen LogP contribution is -2.59. The number of hydrogen-bond donors (Lipinski definition) is 1. The first kappa shape index (κ1) is 16.3. The first-order valence-electron chi connectivity index (χ1n) is 9.10. The second kappa shape index (κ2) is 6.30. The predicted molar refractivity (Wildman–Crippen MR) is 93.0 cm³/mol. The topological polar surface area (TPSA) is 66.6 Å². The Labute approximate surface area is 147 Å². The van der Waals surface area contributed by atoms with Crippen LogP contribution in [0, 0.1) is 12.8 Å². The molecule has 4 rings (SSSR count). The van der Waals surface area contributed by atoms with Crippen molar-refractivity contribution in [1.29, 1.82) is 0 Å². The Morgan fingerprint density at radius 1 is 1.28 bits per heavy atom. The largest absolute Gasteiger partial charge is 0.438 e. The van der Waals surface area contributed by atoms with Gasteiger partial charge in [0.25, 0.3) is 5.91 Å². The Bertz CT molecular complexity index is 757. The van der Waals surface area contributed by atoms with Crippen molar-refractivity contribution in [2.45, 2.75) is 50.7 Å². The molecule has 1 saturated carbocycles. The number of benzene rings is 1. The number of rotatable bonds is 2. The van der Waals surface area contributed by atoms with Crippen molar-refractivity contribution >= 4 is 5.91 Å². The molecule has 1 aromatic heterocycles. The van der Waals surface area contributed by atoms with E-state index in [0.29, 0.717) is 24.4 Å². The van der Waals surface area contributed by atoms with Crippen molar-refractivity contribution in [2.75, 3.05) is 6.54 Å². The van der Waals surface area contributed by atoms with Crippen LogP contribution in [-0.4, -0.2) is 33.5 Å². The molecule has 25 heavy (non-hydrogen) atoms. The number of hydrogen-bond acceptors (Lipinski definition) is 4. The summed E-state index contributed by atoms with van der Waals surface area (Å²) in [4.78, 5) is 19.0. The van der Waals surface area contributed by atoms with Crippen LogP contribution < -0.4 is 0 Å². The molecule has 0 bridgehead atoms. The fourth-order valence-corrected chi connectivity index (χ4v) is 4.66. The molecule has 2 aromatic rings. The number of aromatic nitrogens is 1. The third kappa shape index (κ3) is 2.67. The van der Waals surface area contributed by atoms with Gasteiger partial charge in [0, 0.05) is 18.5 Å². The average Bonchev–Trinajstić information content (AvgIpc) is 3.08. The van der Waals surface area contributed by atoms with Gasteiger partial charge in [-0.2, -0.15) is 0 Å². The zero-order chi connectivity index (χ0) is 17.4. The number of nitrogens with zero attached hydrogens (tertiary/aromatic N) is 2. The third-order valence-electron chi connectivity index (χ3n) is 5.95. The van der Waals surface area contributed by atoms with Crippen LogP contribution in [-0.2, 0) is 5.60 Å². The van der Waals surface area contributed by atoms with E-state index in [1.165, 1.54) is 6.39 Å². The van der Waals surface area contributed by atoms with Crippen molar-refractivity contribution < 1.29 is 14.3 Å². The summed E-state index contributed by atoms with van der Waals surface area (Å²) >= 11 is 0. The molecular weight excluding hydrogens is 316 g/mol. The van der Waals surface area contributed by atoms with E-state index < -0.39 is 5.60 Å².